The number of carbonyl (C=O) groups excluding carboxylic acids is 1. The Labute approximate surface area is 124 Å². The topological polar surface area (TPSA) is 60.2 Å². The van der Waals surface area contributed by atoms with Gasteiger partial charge in [0, 0.05) is 28.6 Å². The lowest BCUT2D eigenvalue weighted by atomic mass is 9.99. The van der Waals surface area contributed by atoms with Crippen molar-refractivity contribution < 1.29 is 9.72 Å². The Bertz CT molecular complexity index is 665. The third-order valence-electron chi connectivity index (χ3n) is 3.01. The van der Waals surface area contributed by atoms with Gasteiger partial charge in [0.2, 0.25) is 0 Å². The van der Waals surface area contributed by atoms with Crippen LogP contribution in [0.2, 0.25) is 0 Å². The monoisotopic (exact) mass is 333 g/mol. The number of nitrogens with zero attached hydrogens (tertiary/aromatic N) is 1. The van der Waals surface area contributed by atoms with E-state index >= 15 is 0 Å². The number of ketones is 1. The molecule has 0 N–H and O–H groups in total. The van der Waals surface area contributed by atoms with Gasteiger partial charge in [-0.2, -0.15) is 0 Å². The van der Waals surface area contributed by atoms with E-state index in [4.69, 9.17) is 0 Å². The summed E-state index contributed by atoms with van der Waals surface area (Å²) in [5, 5.41) is 10.8. The Morgan fingerprint density at radius 3 is 2.45 bits per heavy atom. The molecule has 2 rings (SSSR count). The summed E-state index contributed by atoms with van der Waals surface area (Å²) in [6.07, 6.45) is 0.231. The molecule has 20 heavy (non-hydrogen) atoms. The van der Waals surface area contributed by atoms with Crippen LogP contribution in [-0.4, -0.2) is 10.7 Å². The first-order chi connectivity index (χ1) is 9.47. The smallest absolute Gasteiger partial charge is 0.270 e. The van der Waals surface area contributed by atoms with Gasteiger partial charge in [-0.15, -0.1) is 0 Å². The summed E-state index contributed by atoms with van der Waals surface area (Å²) in [4.78, 5) is 22.5. The van der Waals surface area contributed by atoms with Crippen molar-refractivity contribution >= 4 is 27.4 Å². The Morgan fingerprint density at radius 2 is 1.85 bits per heavy atom. The number of halogens is 1. The van der Waals surface area contributed by atoms with Crippen LogP contribution in [0.25, 0.3) is 0 Å². The molecule has 2 aromatic carbocycles. The number of non-ortho nitro benzene ring substituents is 1. The van der Waals surface area contributed by atoms with Crippen LogP contribution >= 0.6 is 15.9 Å². The minimum atomic E-state index is -0.490. The summed E-state index contributed by atoms with van der Waals surface area (Å²) in [6, 6.07) is 11.8. The summed E-state index contributed by atoms with van der Waals surface area (Å²) in [6.45, 7) is 1.78. The lowest BCUT2D eigenvalue weighted by Gasteiger charge is -2.05. The fraction of sp³-hybridized carbons (Fsp3) is 0.133. The highest BCUT2D eigenvalue weighted by Gasteiger charge is 2.15. The summed E-state index contributed by atoms with van der Waals surface area (Å²) in [5.41, 5.74) is 1.97. The second-order valence-corrected chi connectivity index (χ2v) is 5.40. The summed E-state index contributed by atoms with van der Waals surface area (Å²) < 4.78 is 0.945. The zero-order valence-electron chi connectivity index (χ0n) is 10.8. The van der Waals surface area contributed by atoms with Crippen LogP contribution < -0.4 is 0 Å². The molecule has 5 heteroatoms. The first-order valence-corrected chi connectivity index (χ1v) is 6.79. The maximum absolute atomic E-state index is 12.3. The van der Waals surface area contributed by atoms with Gasteiger partial charge in [0.15, 0.2) is 5.78 Å². The molecule has 0 radical (unpaired) electrons. The fourth-order valence-corrected chi connectivity index (χ4v) is 2.17. The van der Waals surface area contributed by atoms with Crippen LogP contribution in [0, 0.1) is 17.0 Å². The number of carbonyl (C=O) groups is 1. The van der Waals surface area contributed by atoms with E-state index in [1.165, 1.54) is 12.1 Å². The van der Waals surface area contributed by atoms with E-state index < -0.39 is 4.92 Å². The molecule has 4 nitrogen and oxygen atoms in total. The van der Waals surface area contributed by atoms with E-state index in [-0.39, 0.29) is 17.9 Å². The Balaban J connectivity index is 2.26. The van der Waals surface area contributed by atoms with Gasteiger partial charge in [0.1, 0.15) is 0 Å². The molecule has 0 amide bonds. The molecule has 0 saturated heterocycles. The molecule has 0 aliphatic carbocycles. The van der Waals surface area contributed by atoms with Gasteiger partial charge in [-0.05, 0) is 30.2 Å². The van der Waals surface area contributed by atoms with Gasteiger partial charge in [0.05, 0.1) is 4.92 Å². The van der Waals surface area contributed by atoms with E-state index in [0.717, 1.165) is 15.6 Å². The number of Topliss-reactive ketones (excluding diaryl/α,β-unsaturated/α-hetero) is 1. The van der Waals surface area contributed by atoms with Crippen molar-refractivity contribution in [1.29, 1.82) is 0 Å². The third-order valence-corrected chi connectivity index (χ3v) is 3.54. The highest BCUT2D eigenvalue weighted by atomic mass is 79.9. The highest BCUT2D eigenvalue weighted by molar-refractivity contribution is 9.10. The van der Waals surface area contributed by atoms with Crippen LogP contribution in [0.1, 0.15) is 21.5 Å². The lowest BCUT2D eigenvalue weighted by Crippen LogP contribution is -2.06. The van der Waals surface area contributed by atoms with Crippen LogP contribution in [0.4, 0.5) is 5.69 Å². The van der Waals surface area contributed by atoms with E-state index in [9.17, 15) is 14.9 Å². The second-order valence-electron chi connectivity index (χ2n) is 4.48. The average Bonchev–Trinajstić information content (AvgIpc) is 2.41. The molecule has 0 heterocycles. The first kappa shape index (κ1) is 14.4. The molecule has 0 aliphatic heterocycles. The molecule has 102 valence electrons. The average molecular weight is 334 g/mol. The molecule has 0 saturated carbocycles. The van der Waals surface area contributed by atoms with Crippen molar-refractivity contribution in [3.8, 4) is 0 Å². The maximum Gasteiger partial charge on any atom is 0.270 e. The molecule has 0 unspecified atom stereocenters. The summed E-state index contributed by atoms with van der Waals surface area (Å²) in [7, 11) is 0. The molecule has 2 aromatic rings. The molecule has 0 bridgehead atoms. The van der Waals surface area contributed by atoms with E-state index in [2.05, 4.69) is 15.9 Å². The normalized spacial score (nSPS) is 10.3. The van der Waals surface area contributed by atoms with Gasteiger partial charge in [-0.1, -0.05) is 34.1 Å². The molecular formula is C15H12BrNO3. The van der Waals surface area contributed by atoms with Gasteiger partial charge < -0.3 is 0 Å². The van der Waals surface area contributed by atoms with Gasteiger partial charge in [-0.25, -0.2) is 0 Å². The number of benzene rings is 2. The zero-order chi connectivity index (χ0) is 14.7. The maximum atomic E-state index is 12.3. The number of nitro benzene ring substituents is 1. The summed E-state index contributed by atoms with van der Waals surface area (Å²) >= 11 is 3.33. The number of hydrogen-bond donors (Lipinski definition) is 0. The lowest BCUT2D eigenvalue weighted by molar-refractivity contribution is -0.384. The number of rotatable bonds is 4. The predicted molar refractivity (Wildman–Crippen MR) is 80.0 cm³/mol. The van der Waals surface area contributed by atoms with Crippen molar-refractivity contribution in [1.82, 2.24) is 0 Å². The van der Waals surface area contributed by atoms with Crippen molar-refractivity contribution in [2.24, 2.45) is 0 Å². The third kappa shape index (κ3) is 3.30. The number of nitro groups is 1. The van der Waals surface area contributed by atoms with E-state index in [0.29, 0.717) is 5.56 Å². The van der Waals surface area contributed by atoms with Crippen LogP contribution in [0.3, 0.4) is 0 Å². The summed E-state index contributed by atoms with van der Waals surface area (Å²) in [5.74, 6) is -0.117. The van der Waals surface area contributed by atoms with Gasteiger partial charge >= 0.3 is 0 Å². The molecule has 0 aliphatic rings. The minimum Gasteiger partial charge on any atom is -0.294 e. The standard InChI is InChI=1S/C15H12BrNO3/c1-10-2-7-13(17(19)20)9-14(10)15(18)8-11-3-5-12(16)6-4-11/h2-7,9H,8H2,1H3. The number of aryl methyl sites for hydroxylation is 1. The van der Waals surface area contributed by atoms with Crippen molar-refractivity contribution in [3.05, 3.63) is 73.7 Å². The Hall–Kier alpha value is -2.01. The SMILES string of the molecule is Cc1ccc([N+](=O)[O-])cc1C(=O)Cc1ccc(Br)cc1. The van der Waals surface area contributed by atoms with Crippen molar-refractivity contribution in [2.45, 2.75) is 13.3 Å². The zero-order valence-corrected chi connectivity index (χ0v) is 12.4. The molecule has 0 aromatic heterocycles. The predicted octanol–water partition coefficient (Wildman–Crippen LogP) is 4.09. The van der Waals surface area contributed by atoms with E-state index in [1.807, 2.05) is 24.3 Å². The van der Waals surface area contributed by atoms with E-state index in [1.54, 1.807) is 13.0 Å². The molecule has 0 spiro atoms. The largest absolute Gasteiger partial charge is 0.294 e. The van der Waals surface area contributed by atoms with Crippen molar-refractivity contribution in [3.63, 3.8) is 0 Å². The van der Waals surface area contributed by atoms with Crippen LogP contribution in [-0.2, 0) is 6.42 Å². The van der Waals surface area contributed by atoms with Crippen LogP contribution in [0.5, 0.6) is 0 Å². The first-order valence-electron chi connectivity index (χ1n) is 6.00. The van der Waals surface area contributed by atoms with Crippen molar-refractivity contribution in [2.75, 3.05) is 0 Å². The molecule has 0 atom stereocenters. The Morgan fingerprint density at radius 1 is 1.20 bits per heavy atom. The van der Waals surface area contributed by atoms with Gasteiger partial charge in [-0.3, -0.25) is 14.9 Å². The number of hydrogen-bond acceptors (Lipinski definition) is 3. The molecule has 0 fully saturated rings. The highest BCUT2D eigenvalue weighted by Crippen LogP contribution is 2.20. The minimum absolute atomic E-state index is 0.0604. The van der Waals surface area contributed by atoms with Gasteiger partial charge in [0.25, 0.3) is 5.69 Å². The fourth-order valence-electron chi connectivity index (χ4n) is 1.91. The quantitative estimate of drug-likeness (QED) is 0.481. The van der Waals surface area contributed by atoms with Crippen LogP contribution in [0.15, 0.2) is 46.9 Å². The Kier molecular flexibility index (Phi) is 4.29. The molecular weight excluding hydrogens is 322 g/mol. The second kappa shape index (κ2) is 5.96.